The zero-order valence-electron chi connectivity index (χ0n) is 17.3. The predicted octanol–water partition coefficient (Wildman–Crippen LogP) is 5.20. The lowest BCUT2D eigenvalue weighted by molar-refractivity contribution is -0.128. The monoisotopic (exact) mass is 367 g/mol. The van der Waals surface area contributed by atoms with E-state index in [1.807, 2.05) is 19.1 Å². The van der Waals surface area contributed by atoms with E-state index in [9.17, 15) is 4.79 Å². The van der Waals surface area contributed by atoms with Crippen molar-refractivity contribution >= 4 is 5.91 Å². The second kappa shape index (κ2) is 9.59. The number of ether oxygens (including phenoxy) is 1. The average Bonchev–Trinajstić information content (AvgIpc) is 2.64. The van der Waals surface area contributed by atoms with Gasteiger partial charge in [0.25, 0.3) is 5.91 Å². The fraction of sp³-hybridized carbons (Fsp3) is 0.458. The van der Waals surface area contributed by atoms with Crippen molar-refractivity contribution in [2.24, 2.45) is 0 Å². The van der Waals surface area contributed by atoms with E-state index >= 15 is 0 Å². The molecule has 0 saturated carbocycles. The molecule has 0 aliphatic rings. The molecule has 1 atom stereocenters. The third-order valence-corrected chi connectivity index (χ3v) is 4.72. The summed E-state index contributed by atoms with van der Waals surface area (Å²) in [5.41, 5.74) is 3.93. The number of amides is 1. The highest BCUT2D eigenvalue weighted by atomic mass is 16.5. The van der Waals surface area contributed by atoms with Crippen LogP contribution in [0.5, 0.6) is 5.75 Å². The molecule has 2 rings (SSSR count). The first kappa shape index (κ1) is 21.0. The fourth-order valence-corrected chi connectivity index (χ4v) is 2.89. The molecule has 0 radical (unpaired) electrons. The summed E-state index contributed by atoms with van der Waals surface area (Å²) in [5.74, 6) is 0.700. The van der Waals surface area contributed by atoms with Gasteiger partial charge in [0.05, 0.1) is 0 Å². The molecule has 3 heteroatoms. The number of aryl methyl sites for hydroxylation is 2. The van der Waals surface area contributed by atoms with Gasteiger partial charge >= 0.3 is 0 Å². The molecule has 146 valence electrons. The maximum absolute atomic E-state index is 12.4. The highest BCUT2D eigenvalue weighted by Gasteiger charge is 2.18. The van der Waals surface area contributed by atoms with Gasteiger partial charge in [0, 0.05) is 6.54 Å². The lowest BCUT2D eigenvalue weighted by atomic mass is 9.87. The summed E-state index contributed by atoms with van der Waals surface area (Å²) in [6.07, 6.45) is 2.08. The first-order valence-corrected chi connectivity index (χ1v) is 9.90. The number of nitrogens with one attached hydrogen (secondary N) is 1. The largest absolute Gasteiger partial charge is 0.481 e. The summed E-state index contributed by atoms with van der Waals surface area (Å²) < 4.78 is 5.91. The van der Waals surface area contributed by atoms with Crippen molar-refractivity contribution in [1.29, 1.82) is 0 Å². The first-order valence-electron chi connectivity index (χ1n) is 9.90. The molecule has 0 unspecified atom stereocenters. The summed E-state index contributed by atoms with van der Waals surface area (Å²) in [6, 6.07) is 16.6. The van der Waals surface area contributed by atoms with Gasteiger partial charge in [-0.25, -0.2) is 0 Å². The second-order valence-corrected chi connectivity index (χ2v) is 8.17. The van der Waals surface area contributed by atoms with Crippen LogP contribution in [0.1, 0.15) is 57.2 Å². The van der Waals surface area contributed by atoms with Gasteiger partial charge in [-0.2, -0.15) is 0 Å². The molecule has 0 saturated heterocycles. The minimum Gasteiger partial charge on any atom is -0.481 e. The van der Waals surface area contributed by atoms with Gasteiger partial charge < -0.3 is 10.1 Å². The molecule has 0 aliphatic carbocycles. The lowest BCUT2D eigenvalue weighted by Gasteiger charge is -2.21. The number of rotatable bonds is 8. The molecule has 0 spiro atoms. The van der Waals surface area contributed by atoms with Crippen molar-refractivity contribution in [3.05, 3.63) is 65.2 Å². The molecule has 27 heavy (non-hydrogen) atoms. The van der Waals surface area contributed by atoms with Gasteiger partial charge in [-0.15, -0.1) is 0 Å². The molecule has 0 bridgehead atoms. The lowest BCUT2D eigenvalue weighted by Crippen LogP contribution is -2.38. The predicted molar refractivity (Wildman–Crippen MR) is 112 cm³/mol. The van der Waals surface area contributed by atoms with E-state index in [1.54, 1.807) is 0 Å². The average molecular weight is 368 g/mol. The van der Waals surface area contributed by atoms with Crippen LogP contribution >= 0.6 is 0 Å². The van der Waals surface area contributed by atoms with Crippen LogP contribution < -0.4 is 10.1 Å². The summed E-state index contributed by atoms with van der Waals surface area (Å²) in [6.45, 7) is 11.3. The van der Waals surface area contributed by atoms with Crippen molar-refractivity contribution < 1.29 is 9.53 Å². The Morgan fingerprint density at radius 1 is 1.04 bits per heavy atom. The zero-order valence-corrected chi connectivity index (χ0v) is 17.3. The third-order valence-electron chi connectivity index (χ3n) is 4.72. The van der Waals surface area contributed by atoms with Crippen molar-refractivity contribution in [1.82, 2.24) is 5.32 Å². The van der Waals surface area contributed by atoms with Crippen molar-refractivity contribution in [3.8, 4) is 5.75 Å². The molecule has 3 nitrogen and oxygen atoms in total. The van der Waals surface area contributed by atoms with E-state index in [-0.39, 0.29) is 11.3 Å². The Hall–Kier alpha value is -2.29. The molecule has 1 N–H and O–H groups in total. The molecule has 0 fully saturated rings. The molecule has 2 aromatic carbocycles. The quantitative estimate of drug-likeness (QED) is 0.651. The van der Waals surface area contributed by atoms with Crippen LogP contribution in [0.3, 0.4) is 0 Å². The van der Waals surface area contributed by atoms with E-state index in [2.05, 4.69) is 69.4 Å². The summed E-state index contributed by atoms with van der Waals surface area (Å²) in [4.78, 5) is 12.4. The number of hydrogen-bond donors (Lipinski definition) is 1. The number of carbonyl (C=O) groups excluding carboxylic acids is 1. The Kier molecular flexibility index (Phi) is 7.46. The highest BCUT2D eigenvalue weighted by Crippen LogP contribution is 2.24. The molecule has 1 amide bonds. The van der Waals surface area contributed by atoms with Crippen LogP contribution in [0, 0.1) is 6.92 Å². The van der Waals surface area contributed by atoms with Crippen LogP contribution in [-0.2, 0) is 16.6 Å². The maximum atomic E-state index is 12.4. The molecule has 0 aromatic heterocycles. The van der Waals surface area contributed by atoms with E-state index in [1.165, 1.54) is 16.7 Å². The molecular formula is C24H33NO2. The molecular weight excluding hydrogens is 334 g/mol. The number of benzene rings is 2. The van der Waals surface area contributed by atoms with Crippen LogP contribution in [0.2, 0.25) is 0 Å². The minimum atomic E-state index is -0.454. The van der Waals surface area contributed by atoms with Crippen molar-refractivity contribution in [2.45, 2.75) is 65.4 Å². The van der Waals surface area contributed by atoms with Crippen LogP contribution in [0.4, 0.5) is 0 Å². The van der Waals surface area contributed by atoms with Gasteiger partial charge in [-0.1, -0.05) is 69.7 Å². The smallest absolute Gasteiger partial charge is 0.261 e. The molecule has 0 aliphatic heterocycles. The Morgan fingerprint density at radius 3 is 2.22 bits per heavy atom. The van der Waals surface area contributed by atoms with Crippen molar-refractivity contribution in [3.63, 3.8) is 0 Å². The maximum Gasteiger partial charge on any atom is 0.261 e. The number of carbonyl (C=O) groups is 1. The second-order valence-electron chi connectivity index (χ2n) is 8.17. The van der Waals surface area contributed by atoms with Gasteiger partial charge in [0.2, 0.25) is 0 Å². The van der Waals surface area contributed by atoms with Gasteiger partial charge in [-0.05, 0) is 54.9 Å². The highest BCUT2D eigenvalue weighted by molar-refractivity contribution is 5.81. The summed E-state index contributed by atoms with van der Waals surface area (Å²) in [5, 5.41) is 3.01. The van der Waals surface area contributed by atoms with Gasteiger partial charge in [0.15, 0.2) is 6.10 Å². The summed E-state index contributed by atoms with van der Waals surface area (Å²) in [7, 11) is 0. The van der Waals surface area contributed by atoms with E-state index in [0.29, 0.717) is 13.0 Å². The van der Waals surface area contributed by atoms with Crippen LogP contribution in [0.25, 0.3) is 0 Å². The zero-order chi connectivity index (χ0) is 19.9. The van der Waals surface area contributed by atoms with E-state index < -0.39 is 6.10 Å². The SMILES string of the molecule is CC[C@H](Oc1ccc(C(C)(C)C)cc1)C(=O)NCCCc1ccc(C)cc1. The van der Waals surface area contributed by atoms with E-state index in [0.717, 1.165) is 18.6 Å². The molecule has 2 aromatic rings. The Bertz CT molecular complexity index is 712. The Morgan fingerprint density at radius 2 is 1.67 bits per heavy atom. The van der Waals surface area contributed by atoms with Crippen LogP contribution in [0.15, 0.2) is 48.5 Å². The van der Waals surface area contributed by atoms with Gasteiger partial charge in [0.1, 0.15) is 5.75 Å². The number of hydrogen-bond acceptors (Lipinski definition) is 2. The topological polar surface area (TPSA) is 38.3 Å². The Balaban J connectivity index is 1.80. The minimum absolute atomic E-state index is 0.0405. The summed E-state index contributed by atoms with van der Waals surface area (Å²) >= 11 is 0. The van der Waals surface area contributed by atoms with Crippen molar-refractivity contribution in [2.75, 3.05) is 6.54 Å². The Labute approximate surface area is 164 Å². The first-order chi connectivity index (χ1) is 12.8. The normalized spacial score (nSPS) is 12.5. The standard InChI is InChI=1S/C24H33NO2/c1-6-22(27-21-15-13-20(14-16-21)24(3,4)5)23(26)25-17-7-8-19-11-9-18(2)10-12-19/h9-16,22H,6-8,17H2,1-5H3,(H,25,26)/t22-/m0/s1. The van der Waals surface area contributed by atoms with E-state index in [4.69, 9.17) is 4.74 Å². The fourth-order valence-electron chi connectivity index (χ4n) is 2.89. The van der Waals surface area contributed by atoms with Crippen LogP contribution in [-0.4, -0.2) is 18.6 Å². The molecule has 0 heterocycles. The van der Waals surface area contributed by atoms with Gasteiger partial charge in [-0.3, -0.25) is 4.79 Å². The third kappa shape index (κ3) is 6.74.